The Morgan fingerprint density at radius 3 is 1.80 bits per heavy atom. The van der Waals surface area contributed by atoms with Crippen LogP contribution in [0.2, 0.25) is 0 Å². The molecule has 0 radical (unpaired) electrons. The first-order valence-electron chi connectivity index (χ1n) is 3.44. The Kier molecular flexibility index (Phi) is 3.05. The maximum Gasteiger partial charge on any atom is 0.707 e. The number of rotatable bonds is 2. The second-order valence-electron chi connectivity index (χ2n) is 2.38. The van der Waals surface area contributed by atoms with E-state index in [1.54, 1.807) is 0 Å². The maximum absolute atomic E-state index is 12.8. The zero-order valence-electron chi connectivity index (χ0n) is 6.84. The molecule has 0 aliphatic carbocycles. The Morgan fingerprint density at radius 1 is 0.867 bits per heavy atom. The highest BCUT2D eigenvalue weighted by molar-refractivity contribution is 6.33. The highest BCUT2D eigenvalue weighted by atomic mass is 19.2. The smallest absolute Gasteiger partial charge is 0.507 e. The van der Waals surface area contributed by atoms with Gasteiger partial charge < -0.3 is 19.8 Å². The van der Waals surface area contributed by atoms with E-state index in [-0.39, 0.29) is 0 Å². The summed E-state index contributed by atoms with van der Waals surface area (Å²) in [6.07, 6.45) is 0. The van der Waals surface area contributed by atoms with Gasteiger partial charge in [0.25, 0.3) is 0 Å². The topological polar surface area (TPSA) is 69.9 Å². The molecular weight excluding hydrogens is 223 g/mol. The van der Waals surface area contributed by atoms with Crippen LogP contribution in [0.15, 0.2) is 0 Å². The van der Waals surface area contributed by atoms with Crippen LogP contribution in [-0.4, -0.2) is 22.5 Å². The van der Waals surface area contributed by atoms with Crippen LogP contribution < -0.4 is 4.65 Å². The number of halogens is 4. The average molecular weight is 226 g/mol. The van der Waals surface area contributed by atoms with Crippen LogP contribution in [0, 0.1) is 23.3 Å². The summed E-state index contributed by atoms with van der Waals surface area (Å²) in [6.45, 7) is 0. The van der Waals surface area contributed by atoms with Crippen LogP contribution in [0.4, 0.5) is 17.6 Å². The van der Waals surface area contributed by atoms with Crippen LogP contribution in [0.5, 0.6) is 11.5 Å². The number of phenolic OH excluding ortho intramolecular Hbond substituents is 1. The van der Waals surface area contributed by atoms with Crippen molar-refractivity contribution in [2.24, 2.45) is 0 Å². The number of benzene rings is 1. The third-order valence-electron chi connectivity index (χ3n) is 1.42. The molecule has 0 saturated carbocycles. The summed E-state index contributed by atoms with van der Waals surface area (Å²) in [5.74, 6) is -11.9. The van der Waals surface area contributed by atoms with E-state index < -0.39 is 42.1 Å². The molecule has 82 valence electrons. The third kappa shape index (κ3) is 1.97. The summed E-state index contributed by atoms with van der Waals surface area (Å²) in [5.41, 5.74) is 0. The molecule has 0 fully saturated rings. The van der Waals surface area contributed by atoms with Gasteiger partial charge in [-0.2, -0.15) is 8.78 Å². The van der Waals surface area contributed by atoms with E-state index >= 15 is 0 Å². The van der Waals surface area contributed by atoms with Gasteiger partial charge in [-0.15, -0.1) is 0 Å². The van der Waals surface area contributed by atoms with Gasteiger partial charge in [0.1, 0.15) is 0 Å². The highest BCUT2D eigenvalue weighted by Gasteiger charge is 2.28. The first kappa shape index (κ1) is 11.6. The minimum atomic E-state index is -2.62. The quantitative estimate of drug-likeness (QED) is 0.293. The predicted molar refractivity (Wildman–Crippen MR) is 38.8 cm³/mol. The maximum atomic E-state index is 12.8. The minimum absolute atomic E-state index is 1.53. The van der Waals surface area contributed by atoms with Crippen molar-refractivity contribution in [3.05, 3.63) is 23.3 Å². The third-order valence-corrected chi connectivity index (χ3v) is 1.42. The van der Waals surface area contributed by atoms with E-state index in [0.29, 0.717) is 0 Å². The normalized spacial score (nSPS) is 10.3. The molecule has 1 aromatic carbocycles. The molecule has 0 aliphatic heterocycles. The molecule has 0 unspecified atom stereocenters. The van der Waals surface area contributed by atoms with Crippen molar-refractivity contribution < 1.29 is 37.4 Å². The van der Waals surface area contributed by atoms with E-state index in [9.17, 15) is 17.6 Å². The highest BCUT2D eigenvalue weighted by Crippen LogP contribution is 2.35. The van der Waals surface area contributed by atoms with Crippen molar-refractivity contribution in [1.82, 2.24) is 0 Å². The molecule has 0 heterocycles. The fourth-order valence-electron chi connectivity index (χ4n) is 0.813. The fourth-order valence-corrected chi connectivity index (χ4v) is 0.813. The van der Waals surface area contributed by atoms with E-state index in [1.807, 2.05) is 0 Å². The molecule has 4 nitrogen and oxygen atoms in total. The fraction of sp³-hybridized carbons (Fsp3) is 0. The van der Waals surface area contributed by atoms with Crippen molar-refractivity contribution in [3.8, 4) is 11.5 Å². The summed E-state index contributed by atoms with van der Waals surface area (Å²) >= 11 is 0. The van der Waals surface area contributed by atoms with Crippen LogP contribution in [-0.2, 0) is 0 Å². The summed E-state index contributed by atoms with van der Waals surface area (Å²) in [5, 5.41) is 25.2. The van der Waals surface area contributed by atoms with E-state index in [0.717, 1.165) is 0 Å². The molecule has 0 saturated heterocycles. The van der Waals surface area contributed by atoms with Crippen molar-refractivity contribution in [3.63, 3.8) is 0 Å². The number of phenols is 1. The van der Waals surface area contributed by atoms with E-state index in [4.69, 9.17) is 15.2 Å². The second kappa shape index (κ2) is 3.95. The molecule has 0 bridgehead atoms. The Hall–Kier alpha value is -1.48. The Morgan fingerprint density at radius 2 is 1.33 bits per heavy atom. The second-order valence-corrected chi connectivity index (χ2v) is 2.38. The summed E-state index contributed by atoms with van der Waals surface area (Å²) in [6, 6.07) is 0. The van der Waals surface area contributed by atoms with Gasteiger partial charge >= 0.3 is 7.32 Å². The molecule has 15 heavy (non-hydrogen) atoms. The largest absolute Gasteiger partial charge is 0.707 e. The Labute approximate surface area is 80.5 Å². The summed E-state index contributed by atoms with van der Waals surface area (Å²) < 4.78 is 54.1. The van der Waals surface area contributed by atoms with Crippen molar-refractivity contribution in [1.29, 1.82) is 0 Å². The van der Waals surface area contributed by atoms with Gasteiger partial charge in [-0.05, 0) is 0 Å². The Balaban J connectivity index is 3.39. The van der Waals surface area contributed by atoms with Crippen molar-refractivity contribution >= 4 is 7.32 Å². The lowest BCUT2D eigenvalue weighted by atomic mass is 10.2. The lowest BCUT2D eigenvalue weighted by Gasteiger charge is -2.09. The first-order valence-corrected chi connectivity index (χ1v) is 3.44. The lowest BCUT2D eigenvalue weighted by molar-refractivity contribution is 0.263. The van der Waals surface area contributed by atoms with Crippen LogP contribution >= 0.6 is 0 Å². The van der Waals surface area contributed by atoms with Crippen LogP contribution in [0.1, 0.15) is 0 Å². The standard InChI is InChI=1S/C6H3BF4O4/c8-1-2(9)4(11)6(15-7(13)14)5(12)3(1)10/h12-14H. The van der Waals surface area contributed by atoms with Gasteiger partial charge in [0.2, 0.25) is 23.3 Å². The minimum Gasteiger partial charge on any atom is -0.507 e. The van der Waals surface area contributed by atoms with Gasteiger partial charge in [0.05, 0.1) is 0 Å². The first-order chi connectivity index (χ1) is 6.86. The molecule has 0 aromatic heterocycles. The zero-order chi connectivity index (χ0) is 11.7. The molecule has 0 spiro atoms. The lowest BCUT2D eigenvalue weighted by Crippen LogP contribution is -2.22. The summed E-state index contributed by atoms with van der Waals surface area (Å²) in [4.78, 5) is 0. The van der Waals surface area contributed by atoms with E-state index in [1.165, 1.54) is 0 Å². The molecule has 0 aliphatic rings. The van der Waals surface area contributed by atoms with Crippen molar-refractivity contribution in [2.75, 3.05) is 0 Å². The number of aromatic hydroxyl groups is 1. The van der Waals surface area contributed by atoms with Gasteiger partial charge in [0, 0.05) is 0 Å². The summed E-state index contributed by atoms with van der Waals surface area (Å²) in [7, 11) is -2.62. The van der Waals surface area contributed by atoms with Gasteiger partial charge in [-0.3, -0.25) is 0 Å². The van der Waals surface area contributed by atoms with Crippen LogP contribution in [0.3, 0.4) is 0 Å². The molecule has 1 aromatic rings. The zero-order valence-corrected chi connectivity index (χ0v) is 6.84. The Bertz CT molecular complexity index is 368. The molecule has 1 rings (SSSR count). The number of hydrogen-bond donors (Lipinski definition) is 3. The molecular formula is C6H3BF4O4. The SMILES string of the molecule is OB(O)Oc1c(O)c(F)c(F)c(F)c1F. The van der Waals surface area contributed by atoms with Gasteiger partial charge in [-0.25, -0.2) is 8.78 Å². The van der Waals surface area contributed by atoms with E-state index in [2.05, 4.69) is 4.65 Å². The van der Waals surface area contributed by atoms with Gasteiger partial charge in [0.15, 0.2) is 11.5 Å². The van der Waals surface area contributed by atoms with Crippen molar-refractivity contribution in [2.45, 2.75) is 0 Å². The molecule has 0 amide bonds. The molecule has 3 N–H and O–H groups in total. The van der Waals surface area contributed by atoms with Gasteiger partial charge in [-0.1, -0.05) is 0 Å². The monoisotopic (exact) mass is 226 g/mol. The van der Waals surface area contributed by atoms with Crippen LogP contribution in [0.25, 0.3) is 0 Å². The molecule has 0 atom stereocenters. The average Bonchev–Trinajstić information content (AvgIpc) is 2.18. The predicted octanol–water partition coefficient (Wildman–Crippen LogP) is 0.297. The molecule has 9 heteroatoms. The number of hydrogen-bond acceptors (Lipinski definition) is 4.